The van der Waals surface area contributed by atoms with Crippen LogP contribution in [0.1, 0.15) is 29.3 Å². The molecule has 5 nitrogen and oxygen atoms in total. The van der Waals surface area contributed by atoms with Crippen LogP contribution in [0.2, 0.25) is 0 Å². The smallest absolute Gasteiger partial charge is 0.108 e. The molecule has 2 aromatic carbocycles. The van der Waals surface area contributed by atoms with Crippen molar-refractivity contribution in [2.45, 2.75) is 37.9 Å². The van der Waals surface area contributed by atoms with E-state index in [-0.39, 0.29) is 18.3 Å². The molecule has 0 unspecified atom stereocenters. The Kier molecular flexibility index (Phi) is 5.94. The maximum Gasteiger partial charge on any atom is 0.108 e. The van der Waals surface area contributed by atoms with Crippen LogP contribution in [0.5, 0.6) is 0 Å². The molecular formula is C22H24N2O3. The van der Waals surface area contributed by atoms with Crippen LogP contribution in [0.3, 0.4) is 0 Å². The molecule has 27 heavy (non-hydrogen) atoms. The number of nitrogens with one attached hydrogen (secondary N) is 1. The lowest BCUT2D eigenvalue weighted by Crippen LogP contribution is -2.29. The highest BCUT2D eigenvalue weighted by atomic mass is 16.6. The van der Waals surface area contributed by atoms with Crippen molar-refractivity contribution in [1.29, 1.82) is 0 Å². The van der Waals surface area contributed by atoms with Crippen molar-refractivity contribution in [3.63, 3.8) is 0 Å². The Hall–Kier alpha value is -2.47. The summed E-state index contributed by atoms with van der Waals surface area (Å²) in [5.41, 5.74) is 3.29. The molecule has 0 aliphatic carbocycles. The number of ether oxygens (including phenoxy) is 3. The molecule has 0 spiro atoms. The van der Waals surface area contributed by atoms with E-state index in [1.165, 1.54) is 0 Å². The van der Waals surface area contributed by atoms with E-state index in [1.807, 2.05) is 42.6 Å². The number of aromatic nitrogens is 2. The zero-order chi connectivity index (χ0) is 18.3. The molecule has 0 amide bonds. The number of aromatic amines is 1. The fourth-order valence-corrected chi connectivity index (χ4v) is 3.33. The van der Waals surface area contributed by atoms with Gasteiger partial charge in [-0.3, -0.25) is 0 Å². The van der Waals surface area contributed by atoms with Gasteiger partial charge < -0.3 is 19.2 Å². The Balaban J connectivity index is 1.36. The first-order valence-electron chi connectivity index (χ1n) is 9.29. The Morgan fingerprint density at radius 3 is 2.33 bits per heavy atom. The maximum atomic E-state index is 6.22. The first-order valence-corrected chi connectivity index (χ1v) is 9.29. The average Bonchev–Trinajstić information content (AvgIpc) is 3.38. The van der Waals surface area contributed by atoms with Gasteiger partial charge >= 0.3 is 0 Å². The van der Waals surface area contributed by atoms with Gasteiger partial charge in [0.15, 0.2) is 0 Å². The van der Waals surface area contributed by atoms with Crippen LogP contribution in [0.25, 0.3) is 0 Å². The van der Waals surface area contributed by atoms with E-state index < -0.39 is 0 Å². The fraction of sp³-hybridized carbons (Fsp3) is 0.318. The van der Waals surface area contributed by atoms with Gasteiger partial charge in [0.05, 0.1) is 44.1 Å². The summed E-state index contributed by atoms with van der Waals surface area (Å²) in [7, 11) is 0. The van der Waals surface area contributed by atoms with Crippen molar-refractivity contribution in [3.05, 3.63) is 90.0 Å². The third-order valence-corrected chi connectivity index (χ3v) is 4.77. The summed E-state index contributed by atoms with van der Waals surface area (Å²) >= 11 is 0. The summed E-state index contributed by atoms with van der Waals surface area (Å²) in [5.74, 6) is 0. The highest BCUT2D eigenvalue weighted by molar-refractivity contribution is 5.14. The molecule has 5 heteroatoms. The van der Waals surface area contributed by atoms with Crippen LogP contribution in [0.15, 0.2) is 73.2 Å². The topological polar surface area (TPSA) is 56.4 Å². The number of imidazole rings is 1. The molecule has 0 bridgehead atoms. The molecule has 1 aliphatic heterocycles. The van der Waals surface area contributed by atoms with Crippen LogP contribution in [-0.4, -0.2) is 28.8 Å². The lowest BCUT2D eigenvalue weighted by Gasteiger charge is -2.19. The first-order chi connectivity index (χ1) is 13.4. The second-order valence-corrected chi connectivity index (χ2v) is 6.74. The van der Waals surface area contributed by atoms with E-state index in [0.717, 1.165) is 23.2 Å². The van der Waals surface area contributed by atoms with E-state index in [4.69, 9.17) is 14.2 Å². The van der Waals surface area contributed by atoms with Gasteiger partial charge in [0, 0.05) is 6.42 Å². The molecule has 1 fully saturated rings. The summed E-state index contributed by atoms with van der Waals surface area (Å²) in [4.78, 5) is 7.25. The lowest BCUT2D eigenvalue weighted by molar-refractivity contribution is -0.0720. The molecule has 0 radical (unpaired) electrons. The molecule has 1 N–H and O–H groups in total. The molecule has 1 aromatic heterocycles. The van der Waals surface area contributed by atoms with Gasteiger partial charge in [-0.25, -0.2) is 4.98 Å². The SMILES string of the molecule is c1ccc(COC[C@H]2O[C@@H](c3cnc[nH]3)C[C@@H]2OCc2ccccc2)cc1. The van der Waals surface area contributed by atoms with E-state index in [2.05, 4.69) is 34.2 Å². The average molecular weight is 364 g/mol. The van der Waals surface area contributed by atoms with Crippen LogP contribution < -0.4 is 0 Å². The van der Waals surface area contributed by atoms with Gasteiger partial charge in [-0.1, -0.05) is 60.7 Å². The molecule has 140 valence electrons. The van der Waals surface area contributed by atoms with Crippen molar-refractivity contribution in [2.24, 2.45) is 0 Å². The van der Waals surface area contributed by atoms with Gasteiger partial charge in [0.2, 0.25) is 0 Å². The summed E-state index contributed by atoms with van der Waals surface area (Å²) in [6, 6.07) is 20.4. The summed E-state index contributed by atoms with van der Waals surface area (Å²) in [6.45, 7) is 1.64. The number of hydrogen-bond acceptors (Lipinski definition) is 4. The summed E-state index contributed by atoms with van der Waals surface area (Å²) in [5, 5.41) is 0. The number of hydrogen-bond donors (Lipinski definition) is 1. The highest BCUT2D eigenvalue weighted by Crippen LogP contribution is 2.34. The maximum absolute atomic E-state index is 6.22. The standard InChI is InChI=1S/C22H24N2O3/c1-3-7-17(8-4-1)13-25-15-22-21(26-14-18-9-5-2-6-10-18)11-20(27-22)19-12-23-16-24-19/h1-10,12,16,20-22H,11,13-15H2,(H,23,24)/t20-,21+,22-/m1/s1. The second kappa shape index (κ2) is 8.95. The number of nitrogens with zero attached hydrogens (tertiary/aromatic N) is 1. The normalized spacial score (nSPS) is 22.1. The Labute approximate surface area is 159 Å². The number of H-pyrrole nitrogens is 1. The Bertz CT molecular complexity index is 793. The predicted octanol–water partition coefficient (Wildman–Crippen LogP) is 4.04. The minimum absolute atomic E-state index is 0.0192. The minimum Gasteiger partial charge on any atom is -0.374 e. The zero-order valence-corrected chi connectivity index (χ0v) is 15.2. The van der Waals surface area contributed by atoms with Crippen LogP contribution in [-0.2, 0) is 27.4 Å². The van der Waals surface area contributed by atoms with Crippen molar-refractivity contribution in [1.82, 2.24) is 9.97 Å². The van der Waals surface area contributed by atoms with Crippen LogP contribution >= 0.6 is 0 Å². The Morgan fingerprint density at radius 2 is 1.67 bits per heavy atom. The van der Waals surface area contributed by atoms with Crippen LogP contribution in [0, 0.1) is 0 Å². The summed E-state index contributed by atoms with van der Waals surface area (Å²) in [6.07, 6.45) is 4.11. The van der Waals surface area contributed by atoms with Gasteiger partial charge in [-0.2, -0.15) is 0 Å². The zero-order valence-electron chi connectivity index (χ0n) is 15.2. The molecule has 0 saturated carbocycles. The summed E-state index contributed by atoms with van der Waals surface area (Å²) < 4.78 is 18.3. The molecule has 3 atom stereocenters. The minimum atomic E-state index is -0.106. The van der Waals surface area contributed by atoms with E-state index in [0.29, 0.717) is 19.8 Å². The Morgan fingerprint density at radius 1 is 0.963 bits per heavy atom. The molecule has 1 aliphatic rings. The van der Waals surface area contributed by atoms with Gasteiger partial charge in [-0.15, -0.1) is 0 Å². The van der Waals surface area contributed by atoms with E-state index in [9.17, 15) is 0 Å². The molecule has 2 heterocycles. The predicted molar refractivity (Wildman–Crippen MR) is 102 cm³/mol. The van der Waals surface area contributed by atoms with Crippen molar-refractivity contribution >= 4 is 0 Å². The van der Waals surface area contributed by atoms with Crippen molar-refractivity contribution in [3.8, 4) is 0 Å². The molecule has 3 aromatic rings. The van der Waals surface area contributed by atoms with E-state index >= 15 is 0 Å². The fourth-order valence-electron chi connectivity index (χ4n) is 3.33. The number of rotatable bonds is 8. The van der Waals surface area contributed by atoms with Crippen LogP contribution in [0.4, 0.5) is 0 Å². The van der Waals surface area contributed by atoms with Gasteiger partial charge in [-0.05, 0) is 11.1 Å². The second-order valence-electron chi connectivity index (χ2n) is 6.74. The molecular weight excluding hydrogens is 340 g/mol. The number of benzene rings is 2. The van der Waals surface area contributed by atoms with E-state index in [1.54, 1.807) is 6.33 Å². The lowest BCUT2D eigenvalue weighted by atomic mass is 10.1. The monoisotopic (exact) mass is 364 g/mol. The van der Waals surface area contributed by atoms with Gasteiger partial charge in [0.1, 0.15) is 12.2 Å². The molecule has 4 rings (SSSR count). The third-order valence-electron chi connectivity index (χ3n) is 4.77. The van der Waals surface area contributed by atoms with Crippen molar-refractivity contribution in [2.75, 3.05) is 6.61 Å². The van der Waals surface area contributed by atoms with Crippen molar-refractivity contribution < 1.29 is 14.2 Å². The first kappa shape index (κ1) is 17.9. The third kappa shape index (κ3) is 4.83. The van der Waals surface area contributed by atoms with Gasteiger partial charge in [0.25, 0.3) is 0 Å². The largest absolute Gasteiger partial charge is 0.374 e. The highest BCUT2D eigenvalue weighted by Gasteiger charge is 2.37. The quantitative estimate of drug-likeness (QED) is 0.655. The molecule has 1 saturated heterocycles.